The zero-order valence-electron chi connectivity index (χ0n) is 12.0. The Morgan fingerprint density at radius 2 is 2.06 bits per heavy atom. The summed E-state index contributed by atoms with van der Waals surface area (Å²) in [6.07, 6.45) is 8.72. The Kier molecular flexibility index (Phi) is 5.04. The van der Waals surface area contributed by atoms with Gasteiger partial charge in [-0.15, -0.1) is 0 Å². The van der Waals surface area contributed by atoms with E-state index in [1.54, 1.807) is 0 Å². The highest BCUT2D eigenvalue weighted by molar-refractivity contribution is 5.78. The van der Waals surface area contributed by atoms with Crippen LogP contribution >= 0.6 is 0 Å². The van der Waals surface area contributed by atoms with E-state index in [1.165, 1.54) is 32.1 Å². The molecule has 104 valence electrons. The molecule has 2 unspecified atom stereocenters. The molecule has 0 aromatic rings. The quantitative estimate of drug-likeness (QED) is 0.815. The lowest BCUT2D eigenvalue weighted by Gasteiger charge is -2.33. The first-order valence-corrected chi connectivity index (χ1v) is 7.69. The van der Waals surface area contributed by atoms with Gasteiger partial charge in [-0.3, -0.25) is 4.79 Å². The van der Waals surface area contributed by atoms with Gasteiger partial charge in [-0.05, 0) is 31.7 Å². The average molecular weight is 252 g/mol. The van der Waals surface area contributed by atoms with Crippen LogP contribution in [0, 0.1) is 11.8 Å². The fourth-order valence-corrected chi connectivity index (χ4v) is 3.55. The van der Waals surface area contributed by atoms with Crippen LogP contribution in [-0.4, -0.2) is 37.0 Å². The van der Waals surface area contributed by atoms with Gasteiger partial charge in [0.1, 0.15) is 0 Å². The van der Waals surface area contributed by atoms with Crippen molar-refractivity contribution in [2.75, 3.05) is 20.1 Å². The summed E-state index contributed by atoms with van der Waals surface area (Å²) in [7, 11) is 2.05. The first-order chi connectivity index (χ1) is 8.74. The molecule has 2 rings (SSSR count). The SMILES string of the molecule is CCC1CC(=O)N(CC(NC)C2CCCCC2)C1. The van der Waals surface area contributed by atoms with E-state index in [0.29, 0.717) is 17.9 Å². The zero-order valence-corrected chi connectivity index (χ0v) is 12.0. The van der Waals surface area contributed by atoms with Crippen LogP contribution in [0.15, 0.2) is 0 Å². The van der Waals surface area contributed by atoms with Gasteiger partial charge in [0.25, 0.3) is 0 Å². The predicted octanol–water partition coefficient (Wildman–Crippen LogP) is 2.41. The number of nitrogens with one attached hydrogen (secondary N) is 1. The molecule has 1 saturated carbocycles. The fraction of sp³-hybridized carbons (Fsp3) is 0.933. The first kappa shape index (κ1) is 13.9. The highest BCUT2D eigenvalue weighted by atomic mass is 16.2. The lowest BCUT2D eigenvalue weighted by Crippen LogP contribution is -2.45. The second-order valence-corrected chi connectivity index (χ2v) is 6.07. The molecular formula is C15H28N2O. The molecule has 1 N–H and O–H groups in total. The standard InChI is InChI=1S/C15H28N2O/c1-3-12-9-15(18)17(10-12)11-14(16-2)13-7-5-4-6-8-13/h12-14,16H,3-11H2,1-2H3. The maximum atomic E-state index is 12.0. The molecule has 0 bridgehead atoms. The van der Waals surface area contributed by atoms with Crippen LogP contribution in [-0.2, 0) is 4.79 Å². The van der Waals surface area contributed by atoms with Crippen LogP contribution in [0.5, 0.6) is 0 Å². The summed E-state index contributed by atoms with van der Waals surface area (Å²) < 4.78 is 0. The van der Waals surface area contributed by atoms with Crippen molar-refractivity contribution in [3.63, 3.8) is 0 Å². The molecule has 2 aliphatic rings. The molecular weight excluding hydrogens is 224 g/mol. The van der Waals surface area contributed by atoms with Crippen LogP contribution in [0.2, 0.25) is 0 Å². The van der Waals surface area contributed by atoms with Crippen LogP contribution in [0.25, 0.3) is 0 Å². The van der Waals surface area contributed by atoms with Crippen LogP contribution in [0.4, 0.5) is 0 Å². The van der Waals surface area contributed by atoms with E-state index in [1.807, 2.05) is 0 Å². The number of hydrogen-bond donors (Lipinski definition) is 1. The fourth-order valence-electron chi connectivity index (χ4n) is 3.55. The largest absolute Gasteiger partial charge is 0.341 e. The van der Waals surface area contributed by atoms with Crippen molar-refractivity contribution >= 4 is 5.91 Å². The van der Waals surface area contributed by atoms with Crippen molar-refractivity contribution in [2.45, 2.75) is 57.9 Å². The Bertz CT molecular complexity index is 274. The summed E-state index contributed by atoms with van der Waals surface area (Å²) in [5.41, 5.74) is 0. The lowest BCUT2D eigenvalue weighted by atomic mass is 9.83. The number of carbonyl (C=O) groups is 1. The van der Waals surface area contributed by atoms with E-state index in [4.69, 9.17) is 0 Å². The van der Waals surface area contributed by atoms with Crippen molar-refractivity contribution in [3.8, 4) is 0 Å². The molecule has 1 saturated heterocycles. The van der Waals surface area contributed by atoms with Gasteiger partial charge in [-0.2, -0.15) is 0 Å². The number of nitrogens with zero attached hydrogens (tertiary/aromatic N) is 1. The molecule has 0 aromatic heterocycles. The minimum Gasteiger partial charge on any atom is -0.341 e. The highest BCUT2D eigenvalue weighted by Crippen LogP contribution is 2.28. The van der Waals surface area contributed by atoms with Gasteiger partial charge in [0.15, 0.2) is 0 Å². The first-order valence-electron chi connectivity index (χ1n) is 7.69. The Balaban J connectivity index is 1.87. The second kappa shape index (κ2) is 6.55. The zero-order chi connectivity index (χ0) is 13.0. The van der Waals surface area contributed by atoms with Crippen molar-refractivity contribution < 1.29 is 4.79 Å². The summed E-state index contributed by atoms with van der Waals surface area (Å²) in [6.45, 7) is 4.11. The van der Waals surface area contributed by atoms with E-state index >= 15 is 0 Å². The van der Waals surface area contributed by atoms with Gasteiger partial charge in [-0.1, -0.05) is 32.6 Å². The van der Waals surface area contributed by atoms with Crippen molar-refractivity contribution in [1.82, 2.24) is 10.2 Å². The van der Waals surface area contributed by atoms with E-state index in [9.17, 15) is 4.79 Å². The van der Waals surface area contributed by atoms with Gasteiger partial charge in [-0.25, -0.2) is 0 Å². The molecule has 18 heavy (non-hydrogen) atoms. The summed E-state index contributed by atoms with van der Waals surface area (Å²) >= 11 is 0. The van der Waals surface area contributed by atoms with Gasteiger partial charge in [0.05, 0.1) is 0 Å². The minimum atomic E-state index is 0.373. The molecule has 2 fully saturated rings. The summed E-state index contributed by atoms with van der Waals surface area (Å²) in [5.74, 6) is 1.75. The average Bonchev–Trinajstić information content (AvgIpc) is 2.77. The summed E-state index contributed by atoms with van der Waals surface area (Å²) in [6, 6.07) is 0.504. The van der Waals surface area contributed by atoms with Crippen molar-refractivity contribution in [2.24, 2.45) is 11.8 Å². The van der Waals surface area contributed by atoms with E-state index in [0.717, 1.165) is 31.8 Å². The third-order valence-corrected chi connectivity index (χ3v) is 4.88. The predicted molar refractivity (Wildman–Crippen MR) is 74.4 cm³/mol. The van der Waals surface area contributed by atoms with E-state index in [2.05, 4.69) is 24.2 Å². The highest BCUT2D eigenvalue weighted by Gasteiger charge is 2.32. The number of hydrogen-bond acceptors (Lipinski definition) is 2. The monoisotopic (exact) mass is 252 g/mol. The third kappa shape index (κ3) is 3.25. The number of carbonyl (C=O) groups excluding carboxylic acids is 1. The smallest absolute Gasteiger partial charge is 0.222 e. The molecule has 1 aliphatic heterocycles. The Morgan fingerprint density at radius 3 is 2.61 bits per heavy atom. The lowest BCUT2D eigenvalue weighted by molar-refractivity contribution is -0.128. The second-order valence-electron chi connectivity index (χ2n) is 6.07. The van der Waals surface area contributed by atoms with Crippen molar-refractivity contribution in [3.05, 3.63) is 0 Å². The number of rotatable bonds is 5. The molecule has 0 aromatic carbocycles. The van der Waals surface area contributed by atoms with Gasteiger partial charge in [0, 0.05) is 25.6 Å². The normalized spacial score (nSPS) is 27.8. The Morgan fingerprint density at radius 1 is 1.33 bits per heavy atom. The summed E-state index contributed by atoms with van der Waals surface area (Å²) in [4.78, 5) is 14.1. The van der Waals surface area contributed by atoms with Gasteiger partial charge >= 0.3 is 0 Å². The van der Waals surface area contributed by atoms with E-state index in [-0.39, 0.29) is 0 Å². The number of likely N-dealkylation sites (N-methyl/N-ethyl adjacent to an activating group) is 1. The van der Waals surface area contributed by atoms with Crippen LogP contribution < -0.4 is 5.32 Å². The molecule has 1 heterocycles. The molecule has 3 nitrogen and oxygen atoms in total. The van der Waals surface area contributed by atoms with Crippen LogP contribution in [0.3, 0.4) is 0 Å². The third-order valence-electron chi connectivity index (χ3n) is 4.88. The summed E-state index contributed by atoms with van der Waals surface area (Å²) in [5, 5.41) is 3.46. The number of likely N-dealkylation sites (tertiary alicyclic amines) is 1. The molecule has 3 heteroatoms. The van der Waals surface area contributed by atoms with Gasteiger partial charge < -0.3 is 10.2 Å². The molecule has 2 atom stereocenters. The Hall–Kier alpha value is -0.570. The Labute approximate surface area is 111 Å². The minimum absolute atomic E-state index is 0.373. The topological polar surface area (TPSA) is 32.3 Å². The maximum Gasteiger partial charge on any atom is 0.222 e. The maximum absolute atomic E-state index is 12.0. The molecule has 0 radical (unpaired) electrons. The van der Waals surface area contributed by atoms with Crippen molar-refractivity contribution in [1.29, 1.82) is 0 Å². The van der Waals surface area contributed by atoms with Crippen LogP contribution in [0.1, 0.15) is 51.9 Å². The number of amides is 1. The van der Waals surface area contributed by atoms with Gasteiger partial charge in [0.2, 0.25) is 5.91 Å². The molecule has 1 aliphatic carbocycles. The molecule has 0 spiro atoms. The molecule has 1 amide bonds. The van der Waals surface area contributed by atoms with E-state index < -0.39 is 0 Å².